The molecule has 0 saturated heterocycles. The molecule has 0 aliphatic carbocycles. The molecule has 0 bridgehead atoms. The number of hydrogen-bond donors (Lipinski definition) is 0. The highest BCUT2D eigenvalue weighted by Crippen LogP contribution is 2.22. The number of nitro benzene ring substituents is 1. The second kappa shape index (κ2) is 7.60. The summed E-state index contributed by atoms with van der Waals surface area (Å²) in [7, 11) is 0. The minimum Gasteiger partial charge on any atom is -0.489 e. The van der Waals surface area contributed by atoms with Gasteiger partial charge < -0.3 is 9.47 Å². The van der Waals surface area contributed by atoms with Gasteiger partial charge in [0.15, 0.2) is 0 Å². The van der Waals surface area contributed by atoms with Crippen molar-refractivity contribution in [2.24, 2.45) is 0 Å². The van der Waals surface area contributed by atoms with E-state index in [9.17, 15) is 14.9 Å². The third-order valence-corrected chi connectivity index (χ3v) is 3.72. The maximum atomic E-state index is 11.8. The van der Waals surface area contributed by atoms with Crippen molar-refractivity contribution < 1.29 is 19.2 Å². The summed E-state index contributed by atoms with van der Waals surface area (Å²) in [6.07, 6.45) is 1.47. The number of nitro groups is 1. The first-order chi connectivity index (χ1) is 12.6. The average molecular weight is 352 g/mol. The SMILES string of the molecule is CCOC(=O)c1cnc2cc(OCc3ccc([N+](=O)[O-])cc3)ccc2c1. The van der Waals surface area contributed by atoms with Crippen molar-refractivity contribution >= 4 is 22.6 Å². The van der Waals surface area contributed by atoms with Crippen molar-refractivity contribution in [3.8, 4) is 5.75 Å². The molecule has 0 N–H and O–H groups in total. The number of nitrogens with zero attached hydrogens (tertiary/aromatic N) is 2. The standard InChI is InChI=1S/C19H16N2O5/c1-2-25-19(22)15-9-14-5-8-17(10-18(14)20-11-15)26-12-13-3-6-16(7-4-13)21(23)24/h3-11H,2,12H2,1H3. The largest absolute Gasteiger partial charge is 0.489 e. The number of fused-ring (bicyclic) bond motifs is 1. The number of esters is 1. The Bertz CT molecular complexity index is 954. The number of hydrogen-bond acceptors (Lipinski definition) is 6. The molecule has 7 nitrogen and oxygen atoms in total. The zero-order chi connectivity index (χ0) is 18.5. The second-order valence-electron chi connectivity index (χ2n) is 5.51. The van der Waals surface area contributed by atoms with Crippen LogP contribution in [0.25, 0.3) is 10.9 Å². The quantitative estimate of drug-likeness (QED) is 0.379. The molecule has 26 heavy (non-hydrogen) atoms. The molecule has 0 atom stereocenters. The maximum absolute atomic E-state index is 11.8. The van der Waals surface area contributed by atoms with Crippen LogP contribution >= 0.6 is 0 Å². The van der Waals surface area contributed by atoms with Crippen LogP contribution in [-0.2, 0) is 11.3 Å². The lowest BCUT2D eigenvalue weighted by Gasteiger charge is -2.08. The summed E-state index contributed by atoms with van der Waals surface area (Å²) in [6.45, 7) is 2.34. The zero-order valence-electron chi connectivity index (χ0n) is 14.0. The lowest BCUT2D eigenvalue weighted by Crippen LogP contribution is -2.05. The molecule has 0 radical (unpaired) electrons. The van der Waals surface area contributed by atoms with Crippen molar-refractivity contribution in [3.05, 3.63) is 76.0 Å². The summed E-state index contributed by atoms with van der Waals surface area (Å²) in [4.78, 5) is 26.2. The molecule has 2 aromatic carbocycles. The van der Waals surface area contributed by atoms with Crippen molar-refractivity contribution in [1.82, 2.24) is 4.98 Å². The highest BCUT2D eigenvalue weighted by molar-refractivity contribution is 5.93. The summed E-state index contributed by atoms with van der Waals surface area (Å²) in [6, 6.07) is 13.3. The zero-order valence-corrected chi connectivity index (χ0v) is 14.0. The van der Waals surface area contributed by atoms with Crippen molar-refractivity contribution in [2.45, 2.75) is 13.5 Å². The van der Waals surface area contributed by atoms with Crippen molar-refractivity contribution in [1.29, 1.82) is 0 Å². The van der Waals surface area contributed by atoms with E-state index in [0.717, 1.165) is 10.9 Å². The molecule has 0 unspecified atom stereocenters. The fourth-order valence-corrected chi connectivity index (χ4v) is 2.40. The van der Waals surface area contributed by atoms with Crippen molar-refractivity contribution in [3.63, 3.8) is 0 Å². The highest BCUT2D eigenvalue weighted by Gasteiger charge is 2.09. The van der Waals surface area contributed by atoms with Gasteiger partial charge in [-0.05, 0) is 42.8 Å². The van der Waals surface area contributed by atoms with E-state index in [2.05, 4.69) is 4.98 Å². The first kappa shape index (κ1) is 17.3. The summed E-state index contributed by atoms with van der Waals surface area (Å²) >= 11 is 0. The van der Waals surface area contributed by atoms with Gasteiger partial charge in [0.25, 0.3) is 5.69 Å². The highest BCUT2D eigenvalue weighted by atomic mass is 16.6. The Balaban J connectivity index is 1.71. The van der Waals surface area contributed by atoms with Gasteiger partial charge in [-0.1, -0.05) is 0 Å². The maximum Gasteiger partial charge on any atom is 0.339 e. The van der Waals surface area contributed by atoms with Crippen LogP contribution in [0.2, 0.25) is 0 Å². The van der Waals surface area contributed by atoms with E-state index in [4.69, 9.17) is 9.47 Å². The van der Waals surface area contributed by atoms with Gasteiger partial charge in [-0.15, -0.1) is 0 Å². The van der Waals surface area contributed by atoms with Crippen LogP contribution in [0, 0.1) is 10.1 Å². The van der Waals surface area contributed by atoms with Crippen LogP contribution < -0.4 is 4.74 Å². The van der Waals surface area contributed by atoms with Gasteiger partial charge in [0.05, 0.1) is 22.6 Å². The van der Waals surface area contributed by atoms with E-state index in [0.29, 0.717) is 23.4 Å². The number of benzene rings is 2. The molecule has 3 aromatic rings. The van der Waals surface area contributed by atoms with Crippen molar-refractivity contribution in [2.75, 3.05) is 6.61 Å². The predicted octanol–water partition coefficient (Wildman–Crippen LogP) is 3.90. The number of non-ortho nitro benzene ring substituents is 1. The molecule has 0 spiro atoms. The Hall–Kier alpha value is -3.48. The molecule has 0 amide bonds. The molecule has 7 heteroatoms. The van der Waals surface area contributed by atoms with E-state index in [-0.39, 0.29) is 12.3 Å². The molecule has 132 valence electrons. The van der Waals surface area contributed by atoms with Gasteiger partial charge >= 0.3 is 5.97 Å². The van der Waals surface area contributed by atoms with Crippen LogP contribution in [0.15, 0.2) is 54.7 Å². The van der Waals surface area contributed by atoms with Crippen LogP contribution in [-0.4, -0.2) is 22.5 Å². The smallest absolute Gasteiger partial charge is 0.339 e. The first-order valence-electron chi connectivity index (χ1n) is 8.00. The van der Waals surface area contributed by atoms with Crippen LogP contribution in [0.1, 0.15) is 22.8 Å². The second-order valence-corrected chi connectivity index (χ2v) is 5.51. The van der Waals surface area contributed by atoms with Gasteiger partial charge in [0.1, 0.15) is 12.4 Å². The van der Waals surface area contributed by atoms with Gasteiger partial charge in [-0.2, -0.15) is 0 Å². The third-order valence-electron chi connectivity index (χ3n) is 3.72. The van der Waals surface area contributed by atoms with E-state index in [1.165, 1.54) is 18.3 Å². The predicted molar refractivity (Wildman–Crippen MR) is 95.1 cm³/mol. The molecule has 1 aromatic heterocycles. The summed E-state index contributed by atoms with van der Waals surface area (Å²) < 4.78 is 10.7. The minimum absolute atomic E-state index is 0.0426. The lowest BCUT2D eigenvalue weighted by atomic mass is 10.1. The monoisotopic (exact) mass is 352 g/mol. The fraction of sp³-hybridized carbons (Fsp3) is 0.158. The van der Waals surface area contributed by atoms with Gasteiger partial charge in [-0.3, -0.25) is 15.1 Å². The fourth-order valence-electron chi connectivity index (χ4n) is 2.40. The summed E-state index contributed by atoms with van der Waals surface area (Å²) in [5, 5.41) is 11.5. The molecule has 1 heterocycles. The molecule has 0 aliphatic heterocycles. The molecule has 0 aliphatic rings. The third kappa shape index (κ3) is 3.94. The van der Waals surface area contributed by atoms with Crippen LogP contribution in [0.3, 0.4) is 0 Å². The number of pyridine rings is 1. The Morgan fingerprint density at radius 1 is 1.15 bits per heavy atom. The van der Waals surface area contributed by atoms with Crippen LogP contribution in [0.4, 0.5) is 5.69 Å². The van der Waals surface area contributed by atoms with E-state index < -0.39 is 10.9 Å². The van der Waals surface area contributed by atoms with Gasteiger partial charge in [0.2, 0.25) is 0 Å². The Morgan fingerprint density at radius 2 is 1.92 bits per heavy atom. The molecule has 3 rings (SSSR count). The summed E-state index contributed by atoms with van der Waals surface area (Å²) in [5.74, 6) is 0.215. The lowest BCUT2D eigenvalue weighted by molar-refractivity contribution is -0.384. The van der Waals surface area contributed by atoms with Gasteiger partial charge in [0, 0.05) is 29.8 Å². The Labute approximate surface area is 149 Å². The average Bonchev–Trinajstić information content (AvgIpc) is 2.66. The number of ether oxygens (including phenoxy) is 2. The summed E-state index contributed by atoms with van der Waals surface area (Å²) in [5.41, 5.74) is 1.96. The topological polar surface area (TPSA) is 91.6 Å². The van der Waals surface area contributed by atoms with E-state index >= 15 is 0 Å². The molecule has 0 fully saturated rings. The Morgan fingerprint density at radius 3 is 2.62 bits per heavy atom. The molecular formula is C19H16N2O5. The van der Waals surface area contributed by atoms with Gasteiger partial charge in [-0.25, -0.2) is 4.79 Å². The van der Waals surface area contributed by atoms with Crippen LogP contribution in [0.5, 0.6) is 5.75 Å². The number of aromatic nitrogens is 1. The normalized spacial score (nSPS) is 10.5. The van der Waals surface area contributed by atoms with E-state index in [1.54, 1.807) is 37.3 Å². The van der Waals surface area contributed by atoms with E-state index in [1.807, 2.05) is 6.07 Å². The number of rotatable bonds is 6. The number of carbonyl (C=O) groups excluding carboxylic acids is 1. The molecular weight excluding hydrogens is 336 g/mol. The minimum atomic E-state index is -0.440. The molecule has 0 saturated carbocycles. The number of carbonyl (C=O) groups is 1. The Kier molecular flexibility index (Phi) is 5.07. The first-order valence-corrected chi connectivity index (χ1v) is 8.00.